The maximum atomic E-state index is 5.94. The number of methoxy groups -OCH3 is 1. The molecule has 0 bridgehead atoms. The molecule has 2 aliphatic heterocycles. The van der Waals surface area contributed by atoms with Crippen LogP contribution in [-0.4, -0.2) is 59.3 Å². The topological polar surface area (TPSA) is 61.6 Å². The van der Waals surface area contributed by atoms with Crippen LogP contribution in [0, 0.1) is 0 Å². The van der Waals surface area contributed by atoms with Gasteiger partial charge < -0.3 is 14.2 Å². The van der Waals surface area contributed by atoms with Gasteiger partial charge in [-0.1, -0.05) is 5.21 Å². The third kappa shape index (κ3) is 3.09. The van der Waals surface area contributed by atoms with E-state index in [1.165, 1.54) is 0 Å². The molecule has 3 heterocycles. The van der Waals surface area contributed by atoms with E-state index in [0.717, 1.165) is 43.2 Å². The van der Waals surface area contributed by atoms with Crippen LogP contribution in [0.2, 0.25) is 0 Å². The highest BCUT2D eigenvalue weighted by molar-refractivity contribution is 5.31. The molecule has 1 aromatic heterocycles. The summed E-state index contributed by atoms with van der Waals surface area (Å²) >= 11 is 0. The van der Waals surface area contributed by atoms with E-state index in [0.29, 0.717) is 13.2 Å². The molecule has 7 heteroatoms. The van der Waals surface area contributed by atoms with Crippen molar-refractivity contribution in [3.8, 4) is 11.5 Å². The van der Waals surface area contributed by atoms with Gasteiger partial charge in [0.25, 0.3) is 0 Å². The minimum atomic E-state index is 0.248. The number of nitrogens with zero attached hydrogens (tertiary/aromatic N) is 4. The molecule has 2 aromatic rings. The van der Waals surface area contributed by atoms with Crippen LogP contribution in [0.5, 0.6) is 11.5 Å². The van der Waals surface area contributed by atoms with Crippen LogP contribution in [0.4, 0.5) is 0 Å². The van der Waals surface area contributed by atoms with E-state index in [2.05, 4.69) is 15.2 Å². The summed E-state index contributed by atoms with van der Waals surface area (Å²) in [5, 5.41) is 8.25. The monoisotopic (exact) mass is 330 g/mol. The van der Waals surface area contributed by atoms with Crippen LogP contribution in [-0.2, 0) is 11.3 Å². The quantitative estimate of drug-likeness (QED) is 0.828. The van der Waals surface area contributed by atoms with E-state index >= 15 is 0 Å². The lowest BCUT2D eigenvalue weighted by atomic mass is 10.0. The van der Waals surface area contributed by atoms with Crippen molar-refractivity contribution in [2.75, 3.05) is 33.4 Å². The zero-order valence-electron chi connectivity index (χ0n) is 13.8. The van der Waals surface area contributed by atoms with E-state index in [1.54, 1.807) is 13.3 Å². The number of benzene rings is 1. The molecule has 1 fully saturated rings. The highest BCUT2D eigenvalue weighted by atomic mass is 16.5. The first-order valence-corrected chi connectivity index (χ1v) is 8.33. The molecule has 0 unspecified atom stereocenters. The fourth-order valence-electron chi connectivity index (χ4n) is 3.41. The maximum absolute atomic E-state index is 5.94. The molecule has 24 heavy (non-hydrogen) atoms. The molecule has 4 rings (SSSR count). The van der Waals surface area contributed by atoms with Crippen molar-refractivity contribution in [3.05, 3.63) is 36.2 Å². The summed E-state index contributed by atoms with van der Waals surface area (Å²) < 4.78 is 19.0. The van der Waals surface area contributed by atoms with Crippen molar-refractivity contribution in [2.24, 2.45) is 0 Å². The first-order valence-electron chi connectivity index (χ1n) is 8.33. The second-order valence-corrected chi connectivity index (χ2v) is 6.20. The summed E-state index contributed by atoms with van der Waals surface area (Å²) in [6.07, 6.45) is 3.06. The molecular formula is C17H22N4O3. The van der Waals surface area contributed by atoms with Crippen molar-refractivity contribution < 1.29 is 14.2 Å². The Morgan fingerprint density at radius 2 is 2.08 bits per heavy atom. The standard InChI is InChI=1S/C17H22N4O3/c1-22-14-2-4-15(5-3-14)23-9-8-20-7-6-17-16(11-20)21-13(12-24-17)10-18-19-21/h2-5,10,16-17H,6-9,11-12H2,1H3/t16-,17+/m0/s1. The number of rotatable bonds is 5. The summed E-state index contributed by atoms with van der Waals surface area (Å²) in [4.78, 5) is 2.41. The third-order valence-corrected chi connectivity index (χ3v) is 4.75. The first-order chi connectivity index (χ1) is 11.8. The molecule has 2 atom stereocenters. The van der Waals surface area contributed by atoms with Gasteiger partial charge >= 0.3 is 0 Å². The molecule has 0 radical (unpaired) electrons. The van der Waals surface area contributed by atoms with Crippen molar-refractivity contribution in [3.63, 3.8) is 0 Å². The number of hydrogen-bond acceptors (Lipinski definition) is 6. The summed E-state index contributed by atoms with van der Waals surface area (Å²) in [5.41, 5.74) is 1.06. The average Bonchev–Trinajstić information content (AvgIpc) is 3.11. The lowest BCUT2D eigenvalue weighted by Crippen LogP contribution is -2.48. The largest absolute Gasteiger partial charge is 0.497 e. The van der Waals surface area contributed by atoms with Gasteiger partial charge in [-0.2, -0.15) is 0 Å². The van der Waals surface area contributed by atoms with Crippen LogP contribution < -0.4 is 9.47 Å². The lowest BCUT2D eigenvalue weighted by molar-refractivity contribution is -0.0667. The highest BCUT2D eigenvalue weighted by Gasteiger charge is 2.36. The van der Waals surface area contributed by atoms with E-state index in [4.69, 9.17) is 14.2 Å². The SMILES string of the molecule is COc1ccc(OCCN2CC[C@H]3OCc4cnnn4[C@H]3C2)cc1. The van der Waals surface area contributed by atoms with Gasteiger partial charge in [0.2, 0.25) is 0 Å². The molecule has 1 aromatic carbocycles. The Morgan fingerprint density at radius 1 is 1.25 bits per heavy atom. The molecule has 128 valence electrons. The second kappa shape index (κ2) is 6.78. The van der Waals surface area contributed by atoms with Crippen LogP contribution >= 0.6 is 0 Å². The van der Waals surface area contributed by atoms with E-state index in [9.17, 15) is 0 Å². The summed E-state index contributed by atoms with van der Waals surface area (Å²) in [6, 6.07) is 7.94. The Labute approximate surface area is 141 Å². The Balaban J connectivity index is 1.30. The number of piperidine rings is 1. The lowest BCUT2D eigenvalue weighted by Gasteiger charge is -2.40. The van der Waals surface area contributed by atoms with Gasteiger partial charge in [-0.25, -0.2) is 4.68 Å². The summed E-state index contributed by atoms with van der Waals surface area (Å²) in [5.74, 6) is 1.70. The number of ether oxygens (including phenoxy) is 3. The molecule has 0 amide bonds. The van der Waals surface area contributed by atoms with Crippen LogP contribution in [0.3, 0.4) is 0 Å². The number of fused-ring (bicyclic) bond motifs is 3. The second-order valence-electron chi connectivity index (χ2n) is 6.20. The molecule has 0 aliphatic carbocycles. The Bertz CT molecular complexity index is 673. The molecule has 7 nitrogen and oxygen atoms in total. The third-order valence-electron chi connectivity index (χ3n) is 4.75. The predicted molar refractivity (Wildman–Crippen MR) is 87.2 cm³/mol. The number of aromatic nitrogens is 3. The van der Waals surface area contributed by atoms with Crippen molar-refractivity contribution in [2.45, 2.75) is 25.2 Å². The molecule has 1 saturated heterocycles. The van der Waals surface area contributed by atoms with E-state index in [-0.39, 0.29) is 12.1 Å². The minimum Gasteiger partial charge on any atom is -0.497 e. The van der Waals surface area contributed by atoms with Crippen molar-refractivity contribution in [1.82, 2.24) is 19.9 Å². The number of hydrogen-bond donors (Lipinski definition) is 0. The van der Waals surface area contributed by atoms with Gasteiger partial charge in [0.15, 0.2) is 0 Å². The van der Waals surface area contributed by atoms with Gasteiger partial charge in [-0.3, -0.25) is 4.90 Å². The van der Waals surface area contributed by atoms with Gasteiger partial charge in [0, 0.05) is 19.6 Å². The molecule has 0 N–H and O–H groups in total. The van der Waals surface area contributed by atoms with Gasteiger partial charge in [-0.15, -0.1) is 5.10 Å². The van der Waals surface area contributed by atoms with E-state index in [1.807, 2.05) is 28.9 Å². The van der Waals surface area contributed by atoms with Crippen LogP contribution in [0.1, 0.15) is 18.2 Å². The van der Waals surface area contributed by atoms with Crippen LogP contribution in [0.15, 0.2) is 30.5 Å². The Hall–Kier alpha value is -2.12. The zero-order valence-corrected chi connectivity index (χ0v) is 13.8. The van der Waals surface area contributed by atoms with Crippen LogP contribution in [0.25, 0.3) is 0 Å². The van der Waals surface area contributed by atoms with Crippen molar-refractivity contribution >= 4 is 0 Å². The first kappa shape index (κ1) is 15.4. The van der Waals surface area contributed by atoms with Gasteiger partial charge in [0.05, 0.1) is 37.8 Å². The fraction of sp³-hybridized carbons (Fsp3) is 0.529. The van der Waals surface area contributed by atoms with Crippen molar-refractivity contribution in [1.29, 1.82) is 0 Å². The smallest absolute Gasteiger partial charge is 0.119 e. The minimum absolute atomic E-state index is 0.248. The molecule has 0 saturated carbocycles. The summed E-state index contributed by atoms with van der Waals surface area (Å²) in [7, 11) is 1.66. The molecule has 2 aliphatic rings. The van der Waals surface area contributed by atoms with Gasteiger partial charge in [-0.05, 0) is 30.7 Å². The Kier molecular flexibility index (Phi) is 4.36. The normalized spacial score (nSPS) is 23.4. The highest BCUT2D eigenvalue weighted by Crippen LogP contribution is 2.29. The maximum Gasteiger partial charge on any atom is 0.119 e. The predicted octanol–water partition coefficient (Wildman–Crippen LogP) is 1.51. The summed E-state index contributed by atoms with van der Waals surface area (Å²) in [6.45, 7) is 4.12. The molecule has 0 spiro atoms. The molecular weight excluding hydrogens is 308 g/mol. The average molecular weight is 330 g/mol. The van der Waals surface area contributed by atoms with E-state index < -0.39 is 0 Å². The number of likely N-dealkylation sites (tertiary alicyclic amines) is 1. The van der Waals surface area contributed by atoms with Gasteiger partial charge in [0.1, 0.15) is 18.1 Å². The zero-order chi connectivity index (χ0) is 16.4. The fourth-order valence-corrected chi connectivity index (χ4v) is 3.41. The Morgan fingerprint density at radius 3 is 2.92 bits per heavy atom.